The largest absolute Gasteiger partial charge is 0.477 e. The zero-order chi connectivity index (χ0) is 21.4. The predicted molar refractivity (Wildman–Crippen MR) is 113 cm³/mol. The number of likely N-dealkylation sites (N-methyl/N-ethyl adjacent to an activating group) is 1. The summed E-state index contributed by atoms with van der Waals surface area (Å²) in [5.41, 5.74) is 3.59. The number of fused-ring (bicyclic) bond motifs is 2. The lowest BCUT2D eigenvalue weighted by Gasteiger charge is -2.14. The smallest absolute Gasteiger partial charge is 0.352 e. The second-order valence-electron chi connectivity index (χ2n) is 7.77. The van der Waals surface area contributed by atoms with E-state index in [1.54, 1.807) is 24.3 Å². The highest BCUT2D eigenvalue weighted by Crippen LogP contribution is 2.26. The number of H-pyrrole nitrogens is 1. The third kappa shape index (κ3) is 3.48. The Morgan fingerprint density at radius 3 is 2.30 bits per heavy atom. The van der Waals surface area contributed by atoms with Crippen LogP contribution in [0.2, 0.25) is 0 Å². The van der Waals surface area contributed by atoms with Crippen molar-refractivity contribution in [2.24, 2.45) is 0 Å². The number of aromatic carboxylic acids is 1. The van der Waals surface area contributed by atoms with E-state index in [1.807, 2.05) is 37.2 Å². The molecule has 1 aromatic heterocycles. The van der Waals surface area contributed by atoms with Crippen LogP contribution in [0.15, 0.2) is 42.5 Å². The number of imide groups is 1. The molecule has 154 valence electrons. The Balaban J connectivity index is 1.58. The molecule has 0 saturated carbocycles. The number of carboxylic acid groups (broad SMARTS) is 1. The lowest BCUT2D eigenvalue weighted by Crippen LogP contribution is -2.31. The normalized spacial score (nSPS) is 13.5. The molecule has 0 radical (unpaired) electrons. The van der Waals surface area contributed by atoms with E-state index in [9.17, 15) is 19.5 Å². The van der Waals surface area contributed by atoms with E-state index in [1.165, 1.54) is 4.90 Å². The number of nitrogens with zero attached hydrogens (tertiary/aromatic N) is 2. The number of aromatic amines is 1. The molecule has 0 unspecified atom stereocenters. The fourth-order valence-corrected chi connectivity index (χ4v) is 3.91. The number of carbonyl (C=O) groups is 3. The molecule has 0 aliphatic carbocycles. The van der Waals surface area contributed by atoms with Crippen LogP contribution in [0.5, 0.6) is 0 Å². The molecule has 0 atom stereocenters. The number of rotatable bonds is 7. The van der Waals surface area contributed by atoms with Crippen molar-refractivity contribution >= 4 is 28.7 Å². The predicted octanol–water partition coefficient (Wildman–Crippen LogP) is 2.81. The van der Waals surface area contributed by atoms with Gasteiger partial charge in [0.05, 0.1) is 11.1 Å². The minimum Gasteiger partial charge on any atom is -0.477 e. The monoisotopic (exact) mass is 405 g/mol. The average Bonchev–Trinajstić information content (AvgIpc) is 3.20. The summed E-state index contributed by atoms with van der Waals surface area (Å²) in [4.78, 5) is 43.1. The summed E-state index contributed by atoms with van der Waals surface area (Å²) in [6.45, 7) is 1.01. The van der Waals surface area contributed by atoms with Crippen LogP contribution in [0.25, 0.3) is 10.9 Å². The molecule has 1 aliphatic heterocycles. The average molecular weight is 405 g/mol. The molecule has 4 rings (SSSR count). The number of hydrogen-bond acceptors (Lipinski definition) is 4. The Hall–Kier alpha value is -3.45. The molecular formula is C23H23N3O4. The Kier molecular flexibility index (Phi) is 5.13. The SMILES string of the molecule is CN(C)CCc1c(C(=O)O)[nH]c2ccc(CCN3C(=O)c4ccccc4C3=O)cc12. The number of aromatic nitrogens is 1. The van der Waals surface area contributed by atoms with Gasteiger partial charge in [0.25, 0.3) is 11.8 Å². The van der Waals surface area contributed by atoms with E-state index >= 15 is 0 Å². The van der Waals surface area contributed by atoms with E-state index in [0.29, 0.717) is 24.0 Å². The van der Waals surface area contributed by atoms with Crippen molar-refractivity contribution in [3.8, 4) is 0 Å². The van der Waals surface area contributed by atoms with E-state index in [4.69, 9.17) is 0 Å². The number of nitrogens with one attached hydrogen (secondary N) is 1. The first-order valence-corrected chi connectivity index (χ1v) is 9.83. The standard InChI is InChI=1S/C23H23N3O4/c1-25(2)11-10-15-18-13-14(7-8-19(18)24-20(15)23(29)30)9-12-26-21(27)16-5-3-4-6-17(16)22(26)28/h3-8,13,24H,9-12H2,1-2H3,(H,29,30). The van der Waals surface area contributed by atoms with Gasteiger partial charge in [0, 0.05) is 24.0 Å². The summed E-state index contributed by atoms with van der Waals surface area (Å²) in [7, 11) is 3.89. The Bertz CT molecular complexity index is 1130. The second-order valence-corrected chi connectivity index (χ2v) is 7.77. The van der Waals surface area contributed by atoms with Crippen molar-refractivity contribution in [1.29, 1.82) is 0 Å². The van der Waals surface area contributed by atoms with Gasteiger partial charge in [-0.3, -0.25) is 14.5 Å². The van der Waals surface area contributed by atoms with Crippen LogP contribution in [0.4, 0.5) is 0 Å². The highest BCUT2D eigenvalue weighted by molar-refractivity contribution is 6.21. The number of carboxylic acids is 1. The van der Waals surface area contributed by atoms with Crippen LogP contribution in [0.1, 0.15) is 42.3 Å². The maximum Gasteiger partial charge on any atom is 0.352 e. The third-order valence-electron chi connectivity index (χ3n) is 5.50. The van der Waals surface area contributed by atoms with Gasteiger partial charge in [0.1, 0.15) is 5.69 Å². The molecule has 0 bridgehead atoms. The van der Waals surface area contributed by atoms with Crippen molar-refractivity contribution in [2.45, 2.75) is 12.8 Å². The molecule has 7 heteroatoms. The summed E-state index contributed by atoms with van der Waals surface area (Å²) >= 11 is 0. The second kappa shape index (κ2) is 7.76. The quantitative estimate of drug-likeness (QED) is 0.590. The number of benzene rings is 2. The van der Waals surface area contributed by atoms with E-state index in [2.05, 4.69) is 4.98 Å². The molecule has 3 aromatic rings. The summed E-state index contributed by atoms with van der Waals surface area (Å²) in [5, 5.41) is 10.4. The first-order valence-electron chi connectivity index (χ1n) is 9.83. The molecule has 2 amide bonds. The van der Waals surface area contributed by atoms with Crippen LogP contribution >= 0.6 is 0 Å². The molecule has 0 fully saturated rings. The molecule has 1 aliphatic rings. The van der Waals surface area contributed by atoms with Gasteiger partial charge in [0.15, 0.2) is 0 Å². The highest BCUT2D eigenvalue weighted by atomic mass is 16.4. The van der Waals surface area contributed by atoms with Gasteiger partial charge in [-0.2, -0.15) is 0 Å². The summed E-state index contributed by atoms with van der Waals surface area (Å²) in [6, 6.07) is 12.6. The van der Waals surface area contributed by atoms with Gasteiger partial charge in [-0.05, 0) is 62.3 Å². The van der Waals surface area contributed by atoms with Crippen LogP contribution in [-0.2, 0) is 12.8 Å². The van der Waals surface area contributed by atoms with Crippen LogP contribution in [0, 0.1) is 0 Å². The van der Waals surface area contributed by atoms with E-state index < -0.39 is 5.97 Å². The molecule has 2 aromatic carbocycles. The molecule has 2 N–H and O–H groups in total. The van der Waals surface area contributed by atoms with Crippen LogP contribution in [-0.4, -0.2) is 64.9 Å². The molecule has 7 nitrogen and oxygen atoms in total. The maximum absolute atomic E-state index is 12.6. The minimum atomic E-state index is -0.979. The third-order valence-corrected chi connectivity index (χ3v) is 5.50. The van der Waals surface area contributed by atoms with Gasteiger partial charge >= 0.3 is 5.97 Å². The summed E-state index contributed by atoms with van der Waals surface area (Å²) in [6.07, 6.45) is 1.11. The first-order chi connectivity index (χ1) is 14.4. The Labute approximate surface area is 173 Å². The van der Waals surface area contributed by atoms with Crippen molar-refractivity contribution in [3.05, 3.63) is 70.4 Å². The lowest BCUT2D eigenvalue weighted by molar-refractivity contribution is 0.0651. The van der Waals surface area contributed by atoms with Gasteiger partial charge in [0.2, 0.25) is 0 Å². The summed E-state index contributed by atoms with van der Waals surface area (Å²) in [5.74, 6) is -1.51. The van der Waals surface area contributed by atoms with E-state index in [0.717, 1.165) is 28.6 Å². The van der Waals surface area contributed by atoms with Crippen molar-refractivity contribution in [3.63, 3.8) is 0 Å². The topological polar surface area (TPSA) is 93.7 Å². The zero-order valence-corrected chi connectivity index (χ0v) is 16.9. The number of hydrogen-bond donors (Lipinski definition) is 2. The Morgan fingerprint density at radius 2 is 1.70 bits per heavy atom. The van der Waals surface area contributed by atoms with Crippen molar-refractivity contribution in [2.75, 3.05) is 27.2 Å². The zero-order valence-electron chi connectivity index (χ0n) is 16.9. The van der Waals surface area contributed by atoms with Gasteiger partial charge in [-0.1, -0.05) is 18.2 Å². The minimum absolute atomic E-state index is 0.212. The molecule has 30 heavy (non-hydrogen) atoms. The molecule has 0 spiro atoms. The van der Waals surface area contributed by atoms with Crippen LogP contribution < -0.4 is 0 Å². The fraction of sp³-hybridized carbons (Fsp3) is 0.261. The Morgan fingerprint density at radius 1 is 1.03 bits per heavy atom. The fourth-order valence-electron chi connectivity index (χ4n) is 3.91. The summed E-state index contributed by atoms with van der Waals surface area (Å²) < 4.78 is 0. The van der Waals surface area contributed by atoms with Gasteiger partial charge in [-0.15, -0.1) is 0 Å². The van der Waals surface area contributed by atoms with Crippen molar-refractivity contribution < 1.29 is 19.5 Å². The number of carbonyl (C=O) groups excluding carboxylic acids is 2. The maximum atomic E-state index is 12.6. The van der Waals surface area contributed by atoms with Crippen molar-refractivity contribution in [1.82, 2.24) is 14.8 Å². The molecule has 0 saturated heterocycles. The number of amides is 2. The lowest BCUT2D eigenvalue weighted by atomic mass is 10.0. The van der Waals surface area contributed by atoms with Gasteiger partial charge < -0.3 is 15.0 Å². The molecular weight excluding hydrogens is 382 g/mol. The molecule has 2 heterocycles. The van der Waals surface area contributed by atoms with Gasteiger partial charge in [-0.25, -0.2) is 4.79 Å². The van der Waals surface area contributed by atoms with Crippen LogP contribution in [0.3, 0.4) is 0 Å². The van der Waals surface area contributed by atoms with E-state index in [-0.39, 0.29) is 24.1 Å². The first kappa shape index (κ1) is 19.8. The highest BCUT2D eigenvalue weighted by Gasteiger charge is 2.34.